The van der Waals surface area contributed by atoms with Crippen LogP contribution in [-0.2, 0) is 0 Å². The lowest BCUT2D eigenvalue weighted by molar-refractivity contribution is 0.127. The summed E-state index contributed by atoms with van der Waals surface area (Å²) < 4.78 is 0. The van der Waals surface area contributed by atoms with Crippen LogP contribution in [0, 0.1) is 5.92 Å². The fourth-order valence-corrected chi connectivity index (χ4v) is 4.03. The van der Waals surface area contributed by atoms with Gasteiger partial charge in [-0.3, -0.25) is 0 Å². The van der Waals surface area contributed by atoms with E-state index in [-0.39, 0.29) is 6.10 Å². The Hall–Kier alpha value is 0.310. The lowest BCUT2D eigenvalue weighted by Gasteiger charge is -2.23. The molecular weight excluding hydrogens is 240 g/mol. The molecule has 1 fully saturated rings. The number of thioether (sulfide) groups is 1. The summed E-state index contributed by atoms with van der Waals surface area (Å²) >= 11 is 2.07. The summed E-state index contributed by atoms with van der Waals surface area (Å²) in [5.74, 6) is 3.44. The Bertz CT molecular complexity index is 178. The number of aliphatic hydroxyl groups is 1. The second-order valence-corrected chi connectivity index (χ2v) is 7.08. The van der Waals surface area contributed by atoms with Gasteiger partial charge < -0.3 is 5.11 Å². The molecule has 0 aromatic carbocycles. The lowest BCUT2D eigenvalue weighted by Crippen LogP contribution is -2.17. The van der Waals surface area contributed by atoms with Gasteiger partial charge in [0.05, 0.1) is 6.10 Å². The van der Waals surface area contributed by atoms with E-state index in [1.165, 1.54) is 69.3 Å². The van der Waals surface area contributed by atoms with E-state index in [2.05, 4.69) is 18.7 Å². The predicted octanol–water partition coefficient (Wildman–Crippen LogP) is 5.02. The third kappa shape index (κ3) is 8.42. The summed E-state index contributed by atoms with van der Waals surface area (Å²) in [6.45, 7) is 2.26. The summed E-state index contributed by atoms with van der Waals surface area (Å²) in [4.78, 5) is 0. The quantitative estimate of drug-likeness (QED) is 0.563. The maximum Gasteiger partial charge on any atom is 0.0542 e. The zero-order valence-corrected chi connectivity index (χ0v) is 13.0. The van der Waals surface area contributed by atoms with Crippen LogP contribution in [0.2, 0.25) is 0 Å². The molecule has 2 heteroatoms. The molecule has 1 heterocycles. The van der Waals surface area contributed by atoms with E-state index >= 15 is 0 Å². The Kier molecular flexibility index (Phi) is 10.1. The van der Waals surface area contributed by atoms with Crippen molar-refractivity contribution in [1.82, 2.24) is 0 Å². The first kappa shape index (κ1) is 16.4. The summed E-state index contributed by atoms with van der Waals surface area (Å²) in [5, 5.41) is 10.0. The van der Waals surface area contributed by atoms with Crippen molar-refractivity contribution in [2.45, 2.75) is 83.7 Å². The Morgan fingerprint density at radius 2 is 1.61 bits per heavy atom. The Labute approximate surface area is 118 Å². The molecule has 1 saturated heterocycles. The van der Waals surface area contributed by atoms with Crippen LogP contribution in [0.3, 0.4) is 0 Å². The molecule has 1 aliphatic rings. The van der Waals surface area contributed by atoms with Gasteiger partial charge in [0.25, 0.3) is 0 Å². The maximum atomic E-state index is 10.0. The smallest absolute Gasteiger partial charge is 0.0542 e. The first-order valence-electron chi connectivity index (χ1n) is 8.08. The molecule has 0 amide bonds. The molecular formula is C16H32OS. The minimum Gasteiger partial charge on any atom is -0.393 e. The van der Waals surface area contributed by atoms with Gasteiger partial charge in [-0.05, 0) is 43.1 Å². The van der Waals surface area contributed by atoms with Crippen molar-refractivity contribution in [3.05, 3.63) is 0 Å². The molecule has 1 rings (SSSR count). The molecule has 0 radical (unpaired) electrons. The number of hydrogen-bond acceptors (Lipinski definition) is 2. The van der Waals surface area contributed by atoms with Crippen molar-refractivity contribution in [1.29, 1.82) is 0 Å². The Morgan fingerprint density at radius 1 is 1.00 bits per heavy atom. The highest BCUT2D eigenvalue weighted by molar-refractivity contribution is 7.99. The zero-order chi connectivity index (χ0) is 13.1. The summed E-state index contributed by atoms with van der Waals surface area (Å²) in [6, 6.07) is 0. The van der Waals surface area contributed by atoms with Gasteiger partial charge >= 0.3 is 0 Å². The highest BCUT2D eigenvalue weighted by Gasteiger charge is 2.17. The molecule has 0 aromatic heterocycles. The molecule has 1 N–H and O–H groups in total. The van der Waals surface area contributed by atoms with Crippen LogP contribution in [-0.4, -0.2) is 22.7 Å². The molecule has 0 aromatic rings. The Balaban J connectivity index is 1.88. The molecule has 0 bridgehead atoms. The van der Waals surface area contributed by atoms with Gasteiger partial charge in [0.2, 0.25) is 0 Å². The van der Waals surface area contributed by atoms with Gasteiger partial charge in [-0.1, -0.05) is 51.9 Å². The monoisotopic (exact) mass is 272 g/mol. The minimum atomic E-state index is -0.0197. The average Bonchev–Trinajstić information content (AvgIpc) is 2.39. The van der Waals surface area contributed by atoms with E-state index in [4.69, 9.17) is 0 Å². The Morgan fingerprint density at radius 3 is 2.28 bits per heavy atom. The molecule has 0 spiro atoms. The summed E-state index contributed by atoms with van der Waals surface area (Å²) in [7, 11) is 0. The van der Waals surface area contributed by atoms with Crippen molar-refractivity contribution >= 4 is 11.8 Å². The van der Waals surface area contributed by atoms with E-state index in [0.717, 1.165) is 18.8 Å². The molecule has 108 valence electrons. The first-order valence-corrected chi connectivity index (χ1v) is 9.24. The van der Waals surface area contributed by atoms with Crippen LogP contribution in [0.25, 0.3) is 0 Å². The van der Waals surface area contributed by atoms with Gasteiger partial charge in [0.15, 0.2) is 0 Å². The molecule has 1 nitrogen and oxygen atoms in total. The molecule has 1 atom stereocenters. The van der Waals surface area contributed by atoms with E-state index in [0.29, 0.717) is 0 Å². The number of aliphatic hydroxyl groups excluding tert-OH is 1. The van der Waals surface area contributed by atoms with Crippen LogP contribution in [0.1, 0.15) is 77.6 Å². The maximum absolute atomic E-state index is 10.0. The van der Waals surface area contributed by atoms with Gasteiger partial charge in [0, 0.05) is 0 Å². The first-order chi connectivity index (χ1) is 8.83. The molecule has 18 heavy (non-hydrogen) atoms. The van der Waals surface area contributed by atoms with Crippen LogP contribution >= 0.6 is 11.8 Å². The van der Waals surface area contributed by atoms with Crippen molar-refractivity contribution in [3.63, 3.8) is 0 Å². The topological polar surface area (TPSA) is 20.2 Å². The van der Waals surface area contributed by atoms with Crippen LogP contribution in [0.4, 0.5) is 0 Å². The number of rotatable bonds is 10. The highest BCUT2D eigenvalue weighted by Crippen LogP contribution is 2.27. The van der Waals surface area contributed by atoms with E-state index < -0.39 is 0 Å². The molecule has 1 unspecified atom stereocenters. The zero-order valence-electron chi connectivity index (χ0n) is 12.2. The van der Waals surface area contributed by atoms with Crippen molar-refractivity contribution in [3.8, 4) is 0 Å². The summed E-state index contributed by atoms with van der Waals surface area (Å²) in [5.41, 5.74) is 0. The lowest BCUT2D eigenvalue weighted by atomic mass is 9.93. The van der Waals surface area contributed by atoms with E-state index in [1.807, 2.05) is 0 Å². The van der Waals surface area contributed by atoms with Gasteiger partial charge in [-0.2, -0.15) is 11.8 Å². The molecule has 0 saturated carbocycles. The normalized spacial score (nSPS) is 19.0. The van der Waals surface area contributed by atoms with Crippen LogP contribution in [0.15, 0.2) is 0 Å². The minimum absolute atomic E-state index is 0.0197. The molecule has 0 aliphatic carbocycles. The van der Waals surface area contributed by atoms with Crippen molar-refractivity contribution < 1.29 is 5.11 Å². The summed E-state index contributed by atoms with van der Waals surface area (Å²) in [6.07, 6.45) is 14.2. The fourth-order valence-electron chi connectivity index (χ4n) is 2.82. The predicted molar refractivity (Wildman–Crippen MR) is 83.3 cm³/mol. The van der Waals surface area contributed by atoms with Crippen molar-refractivity contribution in [2.75, 3.05) is 11.5 Å². The SMILES string of the molecule is CCCCCCCCCC(O)CC1CCSCC1. The third-order valence-electron chi connectivity index (χ3n) is 4.09. The van der Waals surface area contributed by atoms with Gasteiger partial charge in [-0.15, -0.1) is 0 Å². The largest absolute Gasteiger partial charge is 0.393 e. The van der Waals surface area contributed by atoms with Gasteiger partial charge in [-0.25, -0.2) is 0 Å². The number of hydrogen-bond donors (Lipinski definition) is 1. The van der Waals surface area contributed by atoms with Crippen molar-refractivity contribution in [2.24, 2.45) is 5.92 Å². The second-order valence-electron chi connectivity index (χ2n) is 5.86. The number of unbranched alkanes of at least 4 members (excludes halogenated alkanes) is 6. The van der Waals surface area contributed by atoms with E-state index in [9.17, 15) is 5.11 Å². The fraction of sp³-hybridized carbons (Fsp3) is 1.00. The van der Waals surface area contributed by atoms with Crippen LogP contribution < -0.4 is 0 Å². The highest BCUT2D eigenvalue weighted by atomic mass is 32.2. The van der Waals surface area contributed by atoms with Crippen LogP contribution in [0.5, 0.6) is 0 Å². The second kappa shape index (κ2) is 11.2. The third-order valence-corrected chi connectivity index (χ3v) is 5.14. The molecule has 1 aliphatic heterocycles. The average molecular weight is 272 g/mol. The van der Waals surface area contributed by atoms with E-state index in [1.54, 1.807) is 0 Å². The van der Waals surface area contributed by atoms with Gasteiger partial charge in [0.1, 0.15) is 0 Å². The standard InChI is InChI=1S/C16H32OS/c1-2-3-4-5-6-7-8-9-16(17)14-15-10-12-18-13-11-15/h15-17H,2-14H2,1H3.